The number of hydrogen-bond donors (Lipinski definition) is 1. The normalized spacial score (nSPS) is 21.2. The van der Waals surface area contributed by atoms with Crippen LogP contribution in [0.3, 0.4) is 0 Å². The lowest BCUT2D eigenvalue weighted by molar-refractivity contribution is -0.274. The molecule has 1 saturated heterocycles. The topological polar surface area (TPSA) is 77.8 Å². The number of carbonyl (C=O) groups excluding carboxylic acids is 1. The lowest BCUT2D eigenvalue weighted by atomic mass is 9.84. The summed E-state index contributed by atoms with van der Waals surface area (Å²) in [5.41, 5.74) is 0.375. The summed E-state index contributed by atoms with van der Waals surface area (Å²) in [5.74, 6) is -1.68. The maximum atomic E-state index is 14.9. The molecule has 1 amide bonds. The number of nitrogens with zero attached hydrogens (tertiary/aromatic N) is 3. The number of ether oxygens (including phenoxy) is 2. The fraction of sp³-hybridized carbons (Fsp3) is 0.409. The van der Waals surface area contributed by atoms with Crippen LogP contribution >= 0.6 is 0 Å². The average molecular weight is 464 g/mol. The maximum Gasteiger partial charge on any atom is 0.573 e. The van der Waals surface area contributed by atoms with E-state index < -0.39 is 29.4 Å². The molecule has 1 atom stereocenters. The molecular weight excluding hydrogens is 444 g/mol. The highest BCUT2D eigenvalue weighted by Gasteiger charge is 2.40. The minimum absolute atomic E-state index is 0.0190. The van der Waals surface area contributed by atoms with Crippen molar-refractivity contribution in [2.24, 2.45) is 0 Å². The van der Waals surface area contributed by atoms with Crippen LogP contribution in [0.2, 0.25) is 0 Å². The molecular formula is C22H20F4N4O3. The average Bonchev–Trinajstić information content (AvgIpc) is 3.52. The van der Waals surface area contributed by atoms with E-state index in [4.69, 9.17) is 4.74 Å². The second-order valence-corrected chi connectivity index (χ2v) is 8.37. The van der Waals surface area contributed by atoms with Gasteiger partial charge in [-0.1, -0.05) is 0 Å². The molecule has 1 aliphatic heterocycles. The smallest absolute Gasteiger partial charge is 0.406 e. The fourth-order valence-corrected chi connectivity index (χ4v) is 4.22. The van der Waals surface area contributed by atoms with Crippen LogP contribution in [0.4, 0.5) is 17.6 Å². The Balaban J connectivity index is 1.45. The van der Waals surface area contributed by atoms with Gasteiger partial charge in [0.2, 0.25) is 0 Å². The molecule has 0 bridgehead atoms. The molecule has 5 rings (SSSR count). The third-order valence-electron chi connectivity index (χ3n) is 5.95. The zero-order valence-corrected chi connectivity index (χ0v) is 17.4. The van der Waals surface area contributed by atoms with Crippen LogP contribution in [0.25, 0.3) is 5.65 Å². The van der Waals surface area contributed by atoms with Gasteiger partial charge < -0.3 is 14.8 Å². The Morgan fingerprint density at radius 1 is 1.27 bits per heavy atom. The van der Waals surface area contributed by atoms with Gasteiger partial charge in [0, 0.05) is 30.6 Å². The van der Waals surface area contributed by atoms with Crippen molar-refractivity contribution in [2.45, 2.75) is 43.5 Å². The fourth-order valence-electron chi connectivity index (χ4n) is 4.22. The van der Waals surface area contributed by atoms with Crippen LogP contribution in [0.1, 0.15) is 53.1 Å². The van der Waals surface area contributed by atoms with Crippen LogP contribution in [-0.4, -0.2) is 40.1 Å². The summed E-state index contributed by atoms with van der Waals surface area (Å²) in [6, 6.07) is 2.86. The molecule has 33 heavy (non-hydrogen) atoms. The first-order chi connectivity index (χ1) is 15.7. The van der Waals surface area contributed by atoms with Gasteiger partial charge in [0.05, 0.1) is 18.3 Å². The number of carbonyl (C=O) groups is 1. The number of fused-ring (bicyclic) bond motifs is 1. The molecule has 2 aromatic heterocycles. The van der Waals surface area contributed by atoms with Crippen LogP contribution in [-0.2, 0) is 10.3 Å². The van der Waals surface area contributed by atoms with Gasteiger partial charge in [-0.15, -0.1) is 13.2 Å². The van der Waals surface area contributed by atoms with Crippen LogP contribution < -0.4 is 10.1 Å². The number of amides is 1. The van der Waals surface area contributed by atoms with Gasteiger partial charge in [0.15, 0.2) is 5.65 Å². The summed E-state index contributed by atoms with van der Waals surface area (Å²) in [5, 5.41) is 7.07. The van der Waals surface area contributed by atoms with Crippen LogP contribution in [0.5, 0.6) is 5.75 Å². The van der Waals surface area contributed by atoms with Crippen molar-refractivity contribution in [1.82, 2.24) is 19.9 Å². The van der Waals surface area contributed by atoms with E-state index in [1.165, 1.54) is 16.8 Å². The summed E-state index contributed by atoms with van der Waals surface area (Å²) >= 11 is 0. The molecule has 0 spiro atoms. The van der Waals surface area contributed by atoms with Gasteiger partial charge >= 0.3 is 6.36 Å². The SMILES string of the molecule is O=C(NC1(c2ccc(OC(F)(F)F)cc2F)CCCOC1)c1cnn2cc(C3CC3)cnc12. The molecule has 1 aliphatic carbocycles. The molecule has 1 unspecified atom stereocenters. The zero-order valence-electron chi connectivity index (χ0n) is 17.4. The second kappa shape index (κ2) is 7.98. The van der Waals surface area contributed by atoms with Gasteiger partial charge in [-0.2, -0.15) is 5.10 Å². The number of aromatic nitrogens is 3. The number of nitrogens with one attached hydrogen (secondary N) is 1. The Hall–Kier alpha value is -3.21. The van der Waals surface area contributed by atoms with Gasteiger partial charge in [-0.05, 0) is 49.3 Å². The predicted molar refractivity (Wildman–Crippen MR) is 107 cm³/mol. The third kappa shape index (κ3) is 4.37. The summed E-state index contributed by atoms with van der Waals surface area (Å²) in [7, 11) is 0. The Morgan fingerprint density at radius 2 is 2.09 bits per heavy atom. The van der Waals surface area contributed by atoms with Crippen LogP contribution in [0.15, 0.2) is 36.8 Å². The Kier molecular flexibility index (Phi) is 5.23. The van der Waals surface area contributed by atoms with E-state index in [2.05, 4.69) is 20.1 Å². The summed E-state index contributed by atoms with van der Waals surface area (Å²) < 4.78 is 63.3. The first-order valence-corrected chi connectivity index (χ1v) is 10.5. The molecule has 7 nitrogen and oxygen atoms in total. The van der Waals surface area contributed by atoms with E-state index in [1.54, 1.807) is 6.20 Å². The molecule has 2 fully saturated rings. The molecule has 0 radical (unpaired) electrons. The Bertz CT molecular complexity index is 1200. The van der Waals surface area contributed by atoms with E-state index in [1.807, 2.05) is 6.20 Å². The molecule has 11 heteroatoms. The highest BCUT2D eigenvalue weighted by molar-refractivity contribution is 6.00. The molecule has 2 aliphatic rings. The summed E-state index contributed by atoms with van der Waals surface area (Å²) in [6.07, 6.45) is 3.09. The minimum atomic E-state index is -4.94. The van der Waals surface area contributed by atoms with Crippen molar-refractivity contribution in [3.8, 4) is 5.75 Å². The van der Waals surface area contributed by atoms with Gasteiger partial charge in [-0.25, -0.2) is 13.9 Å². The molecule has 3 aromatic rings. The Labute approximate surface area is 185 Å². The zero-order chi connectivity index (χ0) is 23.2. The van der Waals surface area contributed by atoms with Crippen molar-refractivity contribution in [3.63, 3.8) is 0 Å². The molecule has 1 aromatic carbocycles. The van der Waals surface area contributed by atoms with Crippen molar-refractivity contribution in [2.75, 3.05) is 13.2 Å². The van der Waals surface area contributed by atoms with Gasteiger partial charge in [0.25, 0.3) is 5.91 Å². The third-order valence-corrected chi connectivity index (χ3v) is 5.95. The quantitative estimate of drug-likeness (QED) is 0.576. The predicted octanol–water partition coefficient (Wildman–Crippen LogP) is 4.08. The molecule has 1 N–H and O–H groups in total. The minimum Gasteiger partial charge on any atom is -0.406 e. The highest BCUT2D eigenvalue weighted by atomic mass is 19.4. The number of benzene rings is 1. The molecule has 174 valence electrons. The van der Waals surface area contributed by atoms with Crippen molar-refractivity contribution >= 4 is 11.6 Å². The molecule has 3 heterocycles. The van der Waals surface area contributed by atoms with Crippen LogP contribution in [0, 0.1) is 5.82 Å². The van der Waals surface area contributed by atoms with E-state index in [0.29, 0.717) is 37.1 Å². The van der Waals surface area contributed by atoms with E-state index in [0.717, 1.165) is 24.5 Å². The number of halogens is 4. The Morgan fingerprint density at radius 3 is 2.76 bits per heavy atom. The second-order valence-electron chi connectivity index (χ2n) is 8.37. The number of rotatable bonds is 5. The van der Waals surface area contributed by atoms with Crippen molar-refractivity contribution in [3.05, 3.63) is 59.3 Å². The monoisotopic (exact) mass is 464 g/mol. The van der Waals surface area contributed by atoms with E-state index in [9.17, 15) is 22.4 Å². The standard InChI is InChI=1S/C22H20F4N4O3/c23-18-8-15(33-22(24,25)26)4-5-17(18)21(6-1-7-32-12-21)29-20(31)16-10-28-30-11-14(13-2-3-13)9-27-19(16)30/h4-5,8-11,13H,1-3,6-7,12H2,(H,29,31). The van der Waals surface area contributed by atoms with Gasteiger partial charge in [-0.3, -0.25) is 4.79 Å². The summed E-state index contributed by atoms with van der Waals surface area (Å²) in [4.78, 5) is 17.6. The number of hydrogen-bond acceptors (Lipinski definition) is 5. The maximum absolute atomic E-state index is 14.9. The van der Waals surface area contributed by atoms with Gasteiger partial charge in [0.1, 0.15) is 17.1 Å². The van der Waals surface area contributed by atoms with Crippen molar-refractivity contribution in [1.29, 1.82) is 0 Å². The first-order valence-electron chi connectivity index (χ1n) is 10.5. The lowest BCUT2D eigenvalue weighted by Gasteiger charge is -2.38. The van der Waals surface area contributed by atoms with E-state index in [-0.39, 0.29) is 17.7 Å². The summed E-state index contributed by atoms with van der Waals surface area (Å²) in [6.45, 7) is 0.393. The van der Waals surface area contributed by atoms with Crippen molar-refractivity contribution < 1.29 is 31.8 Å². The van der Waals surface area contributed by atoms with E-state index >= 15 is 0 Å². The highest BCUT2D eigenvalue weighted by Crippen LogP contribution is 2.40. The molecule has 1 saturated carbocycles. The lowest BCUT2D eigenvalue weighted by Crippen LogP contribution is -2.52. The number of alkyl halides is 3. The largest absolute Gasteiger partial charge is 0.573 e. The first kappa shape index (κ1) is 21.6.